The Kier molecular flexibility index (Phi) is 6.19. The number of fused-ring (bicyclic) bond motifs is 1. The molecule has 1 amide bonds. The Hall–Kier alpha value is -3.32. The van der Waals surface area contributed by atoms with Gasteiger partial charge in [-0.2, -0.15) is 0 Å². The van der Waals surface area contributed by atoms with Crippen molar-refractivity contribution < 1.29 is 19.1 Å². The summed E-state index contributed by atoms with van der Waals surface area (Å²) in [5, 5.41) is 0. The van der Waals surface area contributed by atoms with Gasteiger partial charge in [-0.05, 0) is 17.7 Å². The Morgan fingerprint density at radius 1 is 1.00 bits per heavy atom. The predicted molar refractivity (Wildman–Crippen MR) is 107 cm³/mol. The number of benzene rings is 1. The smallest absolute Gasteiger partial charge is 0.224 e. The monoisotopic (exact) mass is 393 g/mol. The minimum atomic E-state index is -0.344. The van der Waals surface area contributed by atoms with Crippen molar-refractivity contribution >= 4 is 17.5 Å². The lowest BCUT2D eigenvalue weighted by atomic mass is 9.89. The zero-order valence-electron chi connectivity index (χ0n) is 16.7. The van der Waals surface area contributed by atoms with Crippen LogP contribution in [0.3, 0.4) is 0 Å². The maximum atomic E-state index is 13.4. The third-order valence-corrected chi connectivity index (χ3v) is 4.79. The van der Waals surface area contributed by atoms with Crippen LogP contribution in [0.15, 0.2) is 60.2 Å². The standard InChI is InChI=1S/C22H23N3O4/c1-15(26)25(12-13-29-3)20-19(24(2)14-16-8-10-23-11-9-16)21(27)17-6-4-5-7-18(17)22(20)28/h4-11H,12-14H2,1-3H3. The molecule has 2 aromatic rings. The molecule has 0 aliphatic heterocycles. The number of carbonyl (C=O) groups is 3. The van der Waals surface area contributed by atoms with Gasteiger partial charge < -0.3 is 14.5 Å². The van der Waals surface area contributed by atoms with Gasteiger partial charge in [0.05, 0.1) is 6.61 Å². The maximum Gasteiger partial charge on any atom is 0.224 e. The average Bonchev–Trinajstić information content (AvgIpc) is 2.72. The molecule has 1 aromatic carbocycles. The third kappa shape index (κ3) is 4.09. The first-order valence-electron chi connectivity index (χ1n) is 9.25. The van der Waals surface area contributed by atoms with Crippen LogP contribution in [-0.4, -0.2) is 59.6 Å². The number of Topliss-reactive ketones (excluding diaryl/α,β-unsaturated/α-hetero) is 2. The summed E-state index contributed by atoms with van der Waals surface area (Å²) in [5.41, 5.74) is 1.87. The van der Waals surface area contributed by atoms with Crippen molar-refractivity contribution in [3.8, 4) is 0 Å². The zero-order chi connectivity index (χ0) is 21.0. The second-order valence-electron chi connectivity index (χ2n) is 6.78. The number of methoxy groups -OCH3 is 1. The van der Waals surface area contributed by atoms with Crippen LogP contribution >= 0.6 is 0 Å². The Morgan fingerprint density at radius 3 is 2.14 bits per heavy atom. The van der Waals surface area contributed by atoms with E-state index in [1.807, 2.05) is 12.1 Å². The topological polar surface area (TPSA) is 79.8 Å². The van der Waals surface area contributed by atoms with E-state index >= 15 is 0 Å². The Balaban J connectivity index is 2.13. The molecule has 7 nitrogen and oxygen atoms in total. The zero-order valence-corrected chi connectivity index (χ0v) is 16.7. The van der Waals surface area contributed by atoms with E-state index in [0.29, 0.717) is 17.7 Å². The number of carbonyl (C=O) groups excluding carboxylic acids is 3. The van der Waals surface area contributed by atoms with Crippen molar-refractivity contribution in [2.45, 2.75) is 13.5 Å². The quantitative estimate of drug-likeness (QED) is 0.718. The van der Waals surface area contributed by atoms with E-state index < -0.39 is 0 Å². The van der Waals surface area contributed by atoms with Gasteiger partial charge in [0.25, 0.3) is 0 Å². The summed E-state index contributed by atoms with van der Waals surface area (Å²) in [7, 11) is 3.26. The Bertz CT molecular complexity index is 969. The Morgan fingerprint density at radius 2 is 1.59 bits per heavy atom. The normalized spacial score (nSPS) is 13.3. The lowest BCUT2D eigenvalue weighted by Gasteiger charge is -2.33. The van der Waals surface area contributed by atoms with Crippen LogP contribution in [0, 0.1) is 0 Å². The van der Waals surface area contributed by atoms with E-state index in [-0.39, 0.29) is 42.0 Å². The van der Waals surface area contributed by atoms with Gasteiger partial charge in [-0.3, -0.25) is 19.4 Å². The first-order valence-corrected chi connectivity index (χ1v) is 9.25. The van der Waals surface area contributed by atoms with E-state index in [4.69, 9.17) is 4.74 Å². The van der Waals surface area contributed by atoms with Crippen molar-refractivity contribution in [2.24, 2.45) is 0 Å². The van der Waals surface area contributed by atoms with Gasteiger partial charge in [0.15, 0.2) is 0 Å². The largest absolute Gasteiger partial charge is 0.383 e. The second-order valence-corrected chi connectivity index (χ2v) is 6.78. The van der Waals surface area contributed by atoms with E-state index in [1.54, 1.807) is 48.6 Å². The minimum Gasteiger partial charge on any atom is -0.383 e. The number of hydrogen-bond donors (Lipinski definition) is 0. The first-order chi connectivity index (χ1) is 14.0. The summed E-state index contributed by atoms with van der Waals surface area (Å²) in [4.78, 5) is 46.2. The van der Waals surface area contributed by atoms with E-state index in [2.05, 4.69) is 4.98 Å². The lowest BCUT2D eigenvalue weighted by Crippen LogP contribution is -2.42. The van der Waals surface area contributed by atoms with Gasteiger partial charge in [0, 0.05) is 57.7 Å². The van der Waals surface area contributed by atoms with Gasteiger partial charge in [-0.25, -0.2) is 0 Å². The maximum absolute atomic E-state index is 13.4. The number of aromatic nitrogens is 1. The number of ether oxygens (including phenoxy) is 1. The summed E-state index contributed by atoms with van der Waals surface area (Å²) in [6, 6.07) is 10.4. The van der Waals surface area contributed by atoms with Crippen LogP contribution in [-0.2, 0) is 16.1 Å². The summed E-state index contributed by atoms with van der Waals surface area (Å²) in [5.74, 6) is -0.953. The molecule has 1 heterocycles. The SMILES string of the molecule is COCCN(C(C)=O)C1=C(N(C)Cc2ccncc2)C(=O)c2ccccc2C1=O. The number of ketones is 2. The number of likely N-dealkylation sites (N-methyl/N-ethyl adjacent to an activating group) is 1. The van der Waals surface area contributed by atoms with Crippen LogP contribution in [0.25, 0.3) is 0 Å². The fourth-order valence-corrected chi connectivity index (χ4v) is 3.40. The van der Waals surface area contributed by atoms with Crippen LogP contribution < -0.4 is 0 Å². The van der Waals surface area contributed by atoms with Crippen LogP contribution in [0.1, 0.15) is 33.2 Å². The van der Waals surface area contributed by atoms with Gasteiger partial charge in [-0.15, -0.1) is 0 Å². The molecule has 0 N–H and O–H groups in total. The fraction of sp³-hybridized carbons (Fsp3) is 0.273. The van der Waals surface area contributed by atoms with Gasteiger partial charge >= 0.3 is 0 Å². The molecular weight excluding hydrogens is 370 g/mol. The van der Waals surface area contributed by atoms with E-state index in [9.17, 15) is 14.4 Å². The summed E-state index contributed by atoms with van der Waals surface area (Å²) in [6.45, 7) is 2.18. The van der Waals surface area contributed by atoms with Crippen LogP contribution in [0.2, 0.25) is 0 Å². The number of allylic oxidation sites excluding steroid dienone is 2. The second kappa shape index (κ2) is 8.79. The van der Waals surface area contributed by atoms with Crippen molar-refractivity contribution in [3.63, 3.8) is 0 Å². The lowest BCUT2D eigenvalue weighted by molar-refractivity contribution is -0.127. The molecule has 0 saturated heterocycles. The molecule has 0 spiro atoms. The molecule has 0 atom stereocenters. The van der Waals surface area contributed by atoms with Gasteiger partial charge in [0.2, 0.25) is 17.5 Å². The molecule has 150 valence electrons. The predicted octanol–water partition coefficient (Wildman–Crippen LogP) is 2.30. The van der Waals surface area contributed by atoms with E-state index in [1.165, 1.54) is 18.9 Å². The fourth-order valence-electron chi connectivity index (χ4n) is 3.40. The van der Waals surface area contributed by atoms with Crippen molar-refractivity contribution in [3.05, 3.63) is 76.9 Å². The molecular formula is C22H23N3O4. The molecule has 1 aliphatic carbocycles. The molecule has 0 bridgehead atoms. The molecule has 7 heteroatoms. The molecule has 0 fully saturated rings. The molecule has 0 radical (unpaired) electrons. The highest BCUT2D eigenvalue weighted by Crippen LogP contribution is 2.30. The highest BCUT2D eigenvalue weighted by molar-refractivity contribution is 6.27. The highest BCUT2D eigenvalue weighted by Gasteiger charge is 2.37. The van der Waals surface area contributed by atoms with Crippen molar-refractivity contribution in [1.29, 1.82) is 0 Å². The molecule has 0 unspecified atom stereocenters. The number of rotatable bonds is 7. The van der Waals surface area contributed by atoms with Gasteiger partial charge in [0.1, 0.15) is 11.4 Å². The summed E-state index contributed by atoms with van der Waals surface area (Å²) in [6.07, 6.45) is 3.34. The molecule has 1 aromatic heterocycles. The van der Waals surface area contributed by atoms with Crippen LogP contribution in [0.5, 0.6) is 0 Å². The number of amides is 1. The van der Waals surface area contributed by atoms with Crippen molar-refractivity contribution in [2.75, 3.05) is 27.3 Å². The van der Waals surface area contributed by atoms with Crippen molar-refractivity contribution in [1.82, 2.24) is 14.8 Å². The highest BCUT2D eigenvalue weighted by atomic mass is 16.5. The number of hydrogen-bond acceptors (Lipinski definition) is 6. The molecule has 29 heavy (non-hydrogen) atoms. The minimum absolute atomic E-state index is 0.0924. The number of pyridine rings is 1. The molecule has 3 rings (SSSR count). The third-order valence-electron chi connectivity index (χ3n) is 4.79. The van der Waals surface area contributed by atoms with Gasteiger partial charge in [-0.1, -0.05) is 24.3 Å². The average molecular weight is 393 g/mol. The van der Waals surface area contributed by atoms with Crippen LogP contribution in [0.4, 0.5) is 0 Å². The Labute approximate surface area is 169 Å². The van der Waals surface area contributed by atoms with E-state index in [0.717, 1.165) is 5.56 Å². The first kappa shape index (κ1) is 20.4. The summed E-state index contributed by atoms with van der Waals surface area (Å²) >= 11 is 0. The summed E-state index contributed by atoms with van der Waals surface area (Å²) < 4.78 is 5.10. The molecule has 0 saturated carbocycles. The number of nitrogens with zero attached hydrogens (tertiary/aromatic N) is 3. The molecule has 1 aliphatic rings.